The molecule has 1 aliphatic heterocycles. The van der Waals surface area contributed by atoms with Gasteiger partial charge >= 0.3 is 0 Å². The van der Waals surface area contributed by atoms with Crippen molar-refractivity contribution in [2.24, 2.45) is 0 Å². The highest BCUT2D eigenvalue weighted by Crippen LogP contribution is 2.27. The molecule has 0 amide bonds. The van der Waals surface area contributed by atoms with Gasteiger partial charge in [-0.25, -0.2) is 0 Å². The number of benzene rings is 1. The van der Waals surface area contributed by atoms with Gasteiger partial charge in [-0.3, -0.25) is 0 Å². The van der Waals surface area contributed by atoms with Crippen LogP contribution in [0.5, 0.6) is 0 Å². The molecule has 2 unspecified atom stereocenters. The van der Waals surface area contributed by atoms with Crippen LogP contribution in [0.15, 0.2) is 24.3 Å². The maximum absolute atomic E-state index is 4.50. The predicted molar refractivity (Wildman–Crippen MR) is 59.3 cm³/mol. The van der Waals surface area contributed by atoms with Crippen molar-refractivity contribution >= 4 is 12.6 Å². The molecule has 70 valence electrons. The molecule has 1 aromatic rings. The van der Waals surface area contributed by atoms with Crippen LogP contribution in [-0.2, 0) is 6.42 Å². The maximum Gasteiger partial charge on any atom is 0.0438 e. The van der Waals surface area contributed by atoms with E-state index in [1.165, 1.54) is 11.1 Å². The van der Waals surface area contributed by atoms with Crippen molar-refractivity contribution in [2.45, 2.75) is 24.6 Å². The number of hydrogen-bond acceptors (Lipinski definition) is 2. The smallest absolute Gasteiger partial charge is 0.0438 e. The van der Waals surface area contributed by atoms with Crippen LogP contribution in [0.3, 0.4) is 0 Å². The molecule has 0 aliphatic carbocycles. The van der Waals surface area contributed by atoms with Gasteiger partial charge in [-0.15, -0.1) is 0 Å². The minimum absolute atomic E-state index is 0.376. The van der Waals surface area contributed by atoms with Crippen LogP contribution in [0.25, 0.3) is 0 Å². The average Bonchev–Trinajstić information content (AvgIpc) is 2.17. The van der Waals surface area contributed by atoms with Crippen LogP contribution < -0.4 is 5.32 Å². The van der Waals surface area contributed by atoms with E-state index in [0.29, 0.717) is 11.3 Å². The summed E-state index contributed by atoms with van der Waals surface area (Å²) in [4.78, 5) is 0. The van der Waals surface area contributed by atoms with E-state index in [1.54, 1.807) is 0 Å². The van der Waals surface area contributed by atoms with E-state index < -0.39 is 0 Å². The van der Waals surface area contributed by atoms with Gasteiger partial charge in [0.1, 0.15) is 0 Å². The average molecular weight is 193 g/mol. The molecule has 2 rings (SSSR count). The fourth-order valence-corrected chi connectivity index (χ4v) is 2.23. The molecule has 1 heterocycles. The fraction of sp³-hybridized carbons (Fsp3) is 0.455. The SMILES string of the molecule is CC(S)C1NCCc2ccccc21. The van der Waals surface area contributed by atoms with Gasteiger partial charge in [0, 0.05) is 11.3 Å². The molecule has 0 saturated heterocycles. The number of nitrogens with one attached hydrogen (secondary N) is 1. The Labute approximate surface area is 85.0 Å². The minimum atomic E-state index is 0.376. The highest BCUT2D eigenvalue weighted by Gasteiger charge is 2.21. The Balaban J connectivity index is 2.37. The van der Waals surface area contributed by atoms with Crippen molar-refractivity contribution in [2.75, 3.05) is 6.54 Å². The van der Waals surface area contributed by atoms with E-state index in [-0.39, 0.29) is 0 Å². The van der Waals surface area contributed by atoms with E-state index in [9.17, 15) is 0 Å². The predicted octanol–water partition coefficient (Wildman–Crippen LogP) is 2.19. The van der Waals surface area contributed by atoms with Crippen molar-refractivity contribution in [3.05, 3.63) is 35.4 Å². The Morgan fingerprint density at radius 3 is 3.00 bits per heavy atom. The molecule has 0 bridgehead atoms. The first-order valence-corrected chi connectivity index (χ1v) is 5.30. The molecule has 2 heteroatoms. The normalized spacial score (nSPS) is 23.7. The first-order valence-electron chi connectivity index (χ1n) is 4.78. The second kappa shape index (κ2) is 3.72. The molecule has 0 fully saturated rings. The number of rotatable bonds is 1. The maximum atomic E-state index is 4.50. The Hall–Kier alpha value is -0.470. The zero-order valence-electron chi connectivity index (χ0n) is 7.83. The van der Waals surface area contributed by atoms with Crippen molar-refractivity contribution in [3.8, 4) is 0 Å². The molecule has 1 nitrogen and oxygen atoms in total. The lowest BCUT2D eigenvalue weighted by Crippen LogP contribution is -2.34. The molecule has 0 saturated carbocycles. The third kappa shape index (κ3) is 1.74. The van der Waals surface area contributed by atoms with Gasteiger partial charge < -0.3 is 5.32 Å². The second-order valence-electron chi connectivity index (χ2n) is 3.62. The van der Waals surface area contributed by atoms with E-state index in [4.69, 9.17) is 0 Å². The summed E-state index contributed by atoms with van der Waals surface area (Å²) in [6.45, 7) is 3.22. The standard InChI is InChI=1S/C11H15NS/c1-8(13)11-10-5-3-2-4-9(10)6-7-12-11/h2-5,8,11-13H,6-7H2,1H3. The highest BCUT2D eigenvalue weighted by molar-refractivity contribution is 7.81. The highest BCUT2D eigenvalue weighted by atomic mass is 32.1. The molecular formula is C11H15NS. The largest absolute Gasteiger partial charge is 0.309 e. The van der Waals surface area contributed by atoms with E-state index in [0.717, 1.165) is 13.0 Å². The van der Waals surface area contributed by atoms with Gasteiger partial charge in [0.2, 0.25) is 0 Å². The number of thiol groups is 1. The third-order valence-electron chi connectivity index (χ3n) is 2.63. The molecule has 1 N–H and O–H groups in total. The Kier molecular flexibility index (Phi) is 2.61. The Morgan fingerprint density at radius 1 is 1.46 bits per heavy atom. The second-order valence-corrected chi connectivity index (χ2v) is 4.44. The lowest BCUT2D eigenvalue weighted by atomic mass is 9.93. The summed E-state index contributed by atoms with van der Waals surface area (Å²) in [6.07, 6.45) is 1.15. The van der Waals surface area contributed by atoms with Crippen LogP contribution in [0.1, 0.15) is 24.1 Å². The zero-order chi connectivity index (χ0) is 9.26. The van der Waals surface area contributed by atoms with Gasteiger partial charge in [0.15, 0.2) is 0 Å². The molecule has 0 spiro atoms. The lowest BCUT2D eigenvalue weighted by Gasteiger charge is -2.29. The minimum Gasteiger partial charge on any atom is -0.309 e. The lowest BCUT2D eigenvalue weighted by molar-refractivity contribution is 0.503. The van der Waals surface area contributed by atoms with Crippen LogP contribution >= 0.6 is 12.6 Å². The Morgan fingerprint density at radius 2 is 2.23 bits per heavy atom. The zero-order valence-corrected chi connectivity index (χ0v) is 8.72. The molecule has 0 radical (unpaired) electrons. The molecule has 1 aliphatic rings. The quantitative estimate of drug-likeness (QED) is 0.652. The van der Waals surface area contributed by atoms with Gasteiger partial charge in [-0.2, -0.15) is 12.6 Å². The van der Waals surface area contributed by atoms with Gasteiger partial charge in [-0.05, 0) is 24.1 Å². The summed E-state index contributed by atoms with van der Waals surface area (Å²) in [7, 11) is 0. The fourth-order valence-electron chi connectivity index (χ4n) is 1.97. The molecule has 2 atom stereocenters. The van der Waals surface area contributed by atoms with Gasteiger partial charge in [-0.1, -0.05) is 31.2 Å². The molecule has 1 aromatic carbocycles. The first-order chi connectivity index (χ1) is 6.29. The summed E-state index contributed by atoms with van der Waals surface area (Å²) < 4.78 is 0. The number of hydrogen-bond donors (Lipinski definition) is 2. The Bertz CT molecular complexity index is 296. The van der Waals surface area contributed by atoms with Gasteiger partial charge in [0.05, 0.1) is 0 Å². The van der Waals surface area contributed by atoms with E-state index in [1.807, 2.05) is 0 Å². The van der Waals surface area contributed by atoms with Crippen molar-refractivity contribution < 1.29 is 0 Å². The topological polar surface area (TPSA) is 12.0 Å². The summed E-state index contributed by atoms with van der Waals surface area (Å²) in [5.41, 5.74) is 2.91. The monoisotopic (exact) mass is 193 g/mol. The van der Waals surface area contributed by atoms with E-state index >= 15 is 0 Å². The molecule has 0 aromatic heterocycles. The molecule has 13 heavy (non-hydrogen) atoms. The summed E-state index contributed by atoms with van der Waals surface area (Å²) in [5.74, 6) is 0. The third-order valence-corrected chi connectivity index (χ3v) is 2.93. The summed E-state index contributed by atoms with van der Waals surface area (Å²) >= 11 is 4.50. The van der Waals surface area contributed by atoms with Crippen LogP contribution in [0.4, 0.5) is 0 Å². The van der Waals surface area contributed by atoms with Crippen LogP contribution in [0.2, 0.25) is 0 Å². The van der Waals surface area contributed by atoms with Gasteiger partial charge in [0.25, 0.3) is 0 Å². The summed E-state index contributed by atoms with van der Waals surface area (Å²) in [5, 5.41) is 3.87. The summed E-state index contributed by atoms with van der Waals surface area (Å²) in [6, 6.07) is 9.07. The van der Waals surface area contributed by atoms with Crippen LogP contribution in [0, 0.1) is 0 Å². The first kappa shape index (κ1) is 9.10. The van der Waals surface area contributed by atoms with Crippen molar-refractivity contribution in [1.29, 1.82) is 0 Å². The van der Waals surface area contributed by atoms with Crippen LogP contribution in [-0.4, -0.2) is 11.8 Å². The van der Waals surface area contributed by atoms with Crippen molar-refractivity contribution in [1.82, 2.24) is 5.32 Å². The van der Waals surface area contributed by atoms with E-state index in [2.05, 4.69) is 49.1 Å². The van der Waals surface area contributed by atoms with Crippen molar-refractivity contribution in [3.63, 3.8) is 0 Å². The number of fused-ring (bicyclic) bond motifs is 1. The molecular weight excluding hydrogens is 178 g/mol.